The largest absolute Gasteiger partial charge is 0.497 e. The maximum absolute atomic E-state index is 13.5. The zero-order valence-corrected chi connectivity index (χ0v) is 23.0. The number of hydrazone groups is 1. The molecule has 0 spiro atoms. The lowest BCUT2D eigenvalue weighted by Crippen LogP contribution is -2.39. The second-order valence-electron chi connectivity index (χ2n) is 7.94. The molecule has 38 heavy (non-hydrogen) atoms. The van der Waals surface area contributed by atoms with Crippen LogP contribution in [-0.2, 0) is 14.8 Å². The molecule has 0 unspecified atom stereocenters. The van der Waals surface area contributed by atoms with E-state index in [2.05, 4.69) is 10.5 Å². The van der Waals surface area contributed by atoms with E-state index in [1.807, 2.05) is 13.8 Å². The molecule has 1 amide bonds. The van der Waals surface area contributed by atoms with Gasteiger partial charge in [-0.05, 0) is 85.6 Å². The van der Waals surface area contributed by atoms with Gasteiger partial charge in [0.05, 0.1) is 37.1 Å². The molecule has 0 atom stereocenters. The molecule has 0 heterocycles. The van der Waals surface area contributed by atoms with Gasteiger partial charge >= 0.3 is 0 Å². The second kappa shape index (κ2) is 13.7. The minimum Gasteiger partial charge on any atom is -0.497 e. The average Bonchev–Trinajstić information content (AvgIpc) is 2.92. The number of ether oxygens (including phenoxy) is 3. The van der Waals surface area contributed by atoms with Gasteiger partial charge in [0.15, 0.2) is 11.5 Å². The standard InChI is InChI=1S/C27H30ClN3O6S/c1-4-16-37-25-15-6-20(17-26(25)36-5-2)18-29-30-27(32)19-31(22-9-7-21(28)8-10-22)38(33,34)24-13-11-23(35-3)12-14-24/h6-15,17-18H,4-5,16,19H2,1-3H3,(H,30,32)/b29-18-. The summed E-state index contributed by atoms with van der Waals surface area (Å²) in [7, 11) is -2.61. The van der Waals surface area contributed by atoms with Crippen molar-refractivity contribution in [3.63, 3.8) is 0 Å². The summed E-state index contributed by atoms with van der Waals surface area (Å²) in [5.41, 5.74) is 3.33. The van der Waals surface area contributed by atoms with Crippen molar-refractivity contribution in [2.24, 2.45) is 5.10 Å². The number of nitrogens with one attached hydrogen (secondary N) is 1. The summed E-state index contributed by atoms with van der Waals surface area (Å²) in [4.78, 5) is 12.8. The Morgan fingerprint density at radius 2 is 1.71 bits per heavy atom. The molecule has 3 aromatic carbocycles. The first-order valence-corrected chi connectivity index (χ1v) is 13.7. The van der Waals surface area contributed by atoms with Crippen LogP contribution in [-0.4, -0.2) is 47.4 Å². The van der Waals surface area contributed by atoms with E-state index in [0.717, 1.165) is 10.7 Å². The lowest BCUT2D eigenvalue weighted by Gasteiger charge is -2.23. The minimum atomic E-state index is -4.10. The molecule has 1 N–H and O–H groups in total. The highest BCUT2D eigenvalue weighted by molar-refractivity contribution is 7.92. The fourth-order valence-electron chi connectivity index (χ4n) is 3.35. The lowest BCUT2D eigenvalue weighted by atomic mass is 10.2. The number of carbonyl (C=O) groups is 1. The van der Waals surface area contributed by atoms with Gasteiger partial charge in [0.1, 0.15) is 12.3 Å². The number of amides is 1. The third-order valence-corrected chi connectivity index (χ3v) is 7.22. The van der Waals surface area contributed by atoms with Gasteiger partial charge in [-0.3, -0.25) is 9.10 Å². The van der Waals surface area contributed by atoms with Crippen molar-refractivity contribution < 1.29 is 27.4 Å². The highest BCUT2D eigenvalue weighted by Gasteiger charge is 2.27. The number of hydrogen-bond donors (Lipinski definition) is 1. The van der Waals surface area contributed by atoms with Crippen molar-refractivity contribution in [3.05, 3.63) is 77.3 Å². The predicted octanol–water partition coefficient (Wildman–Crippen LogP) is 4.88. The van der Waals surface area contributed by atoms with Gasteiger partial charge in [-0.15, -0.1) is 0 Å². The first-order valence-electron chi connectivity index (χ1n) is 11.9. The van der Waals surface area contributed by atoms with Gasteiger partial charge in [-0.25, -0.2) is 13.8 Å². The van der Waals surface area contributed by atoms with Crippen LogP contribution >= 0.6 is 11.6 Å². The van der Waals surface area contributed by atoms with E-state index in [1.165, 1.54) is 49.7 Å². The average molecular weight is 560 g/mol. The van der Waals surface area contributed by atoms with Gasteiger partial charge < -0.3 is 14.2 Å². The Morgan fingerprint density at radius 1 is 1.00 bits per heavy atom. The Kier molecular flexibility index (Phi) is 10.4. The van der Waals surface area contributed by atoms with E-state index in [1.54, 1.807) is 30.3 Å². The molecular weight excluding hydrogens is 530 g/mol. The van der Waals surface area contributed by atoms with Crippen LogP contribution in [0.4, 0.5) is 5.69 Å². The minimum absolute atomic E-state index is 0.00149. The summed E-state index contributed by atoms with van der Waals surface area (Å²) in [6, 6.07) is 17.3. The van der Waals surface area contributed by atoms with Crippen molar-refractivity contribution in [3.8, 4) is 17.2 Å². The molecule has 11 heteroatoms. The zero-order valence-electron chi connectivity index (χ0n) is 21.4. The van der Waals surface area contributed by atoms with E-state index in [4.69, 9.17) is 25.8 Å². The van der Waals surface area contributed by atoms with Crippen molar-refractivity contribution >= 4 is 39.4 Å². The first kappa shape index (κ1) is 28.8. The van der Waals surface area contributed by atoms with Crippen molar-refractivity contribution in [1.29, 1.82) is 0 Å². The second-order valence-corrected chi connectivity index (χ2v) is 10.2. The van der Waals surface area contributed by atoms with Crippen molar-refractivity contribution in [2.45, 2.75) is 25.2 Å². The summed E-state index contributed by atoms with van der Waals surface area (Å²) in [5, 5.41) is 4.43. The lowest BCUT2D eigenvalue weighted by molar-refractivity contribution is -0.119. The maximum atomic E-state index is 13.5. The Bertz CT molecular complexity index is 1350. The van der Waals surface area contributed by atoms with E-state index in [-0.39, 0.29) is 10.6 Å². The maximum Gasteiger partial charge on any atom is 0.264 e. The van der Waals surface area contributed by atoms with Crippen LogP contribution in [0.15, 0.2) is 76.7 Å². The van der Waals surface area contributed by atoms with E-state index >= 15 is 0 Å². The monoisotopic (exact) mass is 559 g/mol. The highest BCUT2D eigenvalue weighted by atomic mass is 35.5. The van der Waals surface area contributed by atoms with Crippen molar-refractivity contribution in [1.82, 2.24) is 5.43 Å². The molecule has 0 saturated heterocycles. The topological polar surface area (TPSA) is 107 Å². The Labute approximate surface area is 228 Å². The molecule has 0 aliphatic rings. The summed E-state index contributed by atoms with van der Waals surface area (Å²) in [5.74, 6) is 1.06. The smallest absolute Gasteiger partial charge is 0.264 e. The fourth-order valence-corrected chi connectivity index (χ4v) is 4.89. The number of hydrogen-bond acceptors (Lipinski definition) is 7. The molecule has 3 aromatic rings. The third-order valence-electron chi connectivity index (χ3n) is 5.18. The summed E-state index contributed by atoms with van der Waals surface area (Å²) in [6.07, 6.45) is 2.30. The number of methoxy groups -OCH3 is 1. The van der Waals surface area contributed by atoms with Gasteiger partial charge in [0, 0.05) is 5.02 Å². The van der Waals surface area contributed by atoms with Crippen LogP contribution in [0.25, 0.3) is 0 Å². The molecular formula is C27H30ClN3O6S. The quantitative estimate of drug-likeness (QED) is 0.236. The molecule has 3 rings (SSSR count). The molecule has 0 aliphatic heterocycles. The number of halogens is 1. The molecule has 0 aliphatic carbocycles. The van der Waals surface area contributed by atoms with Crippen LogP contribution in [0.1, 0.15) is 25.8 Å². The van der Waals surface area contributed by atoms with Gasteiger partial charge in [-0.2, -0.15) is 5.10 Å². The molecule has 202 valence electrons. The highest BCUT2D eigenvalue weighted by Crippen LogP contribution is 2.28. The van der Waals surface area contributed by atoms with Crippen LogP contribution in [0, 0.1) is 0 Å². The molecule has 0 bridgehead atoms. The Hall–Kier alpha value is -3.76. The van der Waals surface area contributed by atoms with Crippen LogP contribution in [0.3, 0.4) is 0 Å². The first-order chi connectivity index (χ1) is 18.3. The molecule has 0 fully saturated rings. The Balaban J connectivity index is 1.78. The Morgan fingerprint density at radius 3 is 2.34 bits per heavy atom. The predicted molar refractivity (Wildman–Crippen MR) is 148 cm³/mol. The van der Waals surface area contributed by atoms with Crippen LogP contribution in [0.2, 0.25) is 5.02 Å². The number of benzene rings is 3. The fraction of sp³-hybridized carbons (Fsp3) is 0.259. The molecule has 0 saturated carbocycles. The van der Waals surface area contributed by atoms with Gasteiger partial charge in [-0.1, -0.05) is 18.5 Å². The molecule has 0 radical (unpaired) electrons. The van der Waals surface area contributed by atoms with Gasteiger partial charge in [0.2, 0.25) is 0 Å². The zero-order chi connectivity index (χ0) is 27.5. The number of anilines is 1. The third kappa shape index (κ3) is 7.62. The van der Waals surface area contributed by atoms with Crippen molar-refractivity contribution in [2.75, 3.05) is 31.2 Å². The van der Waals surface area contributed by atoms with E-state index in [9.17, 15) is 13.2 Å². The van der Waals surface area contributed by atoms with Crippen LogP contribution < -0.4 is 23.9 Å². The number of carbonyl (C=O) groups excluding carboxylic acids is 1. The van der Waals surface area contributed by atoms with E-state index in [0.29, 0.717) is 41.0 Å². The number of sulfonamides is 1. The SMILES string of the molecule is CCCOc1ccc(/C=N\NC(=O)CN(c2ccc(Cl)cc2)S(=O)(=O)c2ccc(OC)cc2)cc1OCC. The normalized spacial score (nSPS) is 11.3. The van der Waals surface area contributed by atoms with E-state index < -0.39 is 22.5 Å². The molecule has 9 nitrogen and oxygen atoms in total. The number of rotatable bonds is 13. The molecule has 0 aromatic heterocycles. The summed E-state index contributed by atoms with van der Waals surface area (Å²) < 4.78 is 44.4. The summed E-state index contributed by atoms with van der Waals surface area (Å²) in [6.45, 7) is 4.40. The summed E-state index contributed by atoms with van der Waals surface area (Å²) >= 11 is 5.98. The van der Waals surface area contributed by atoms with Gasteiger partial charge in [0.25, 0.3) is 15.9 Å². The van der Waals surface area contributed by atoms with Crippen LogP contribution in [0.5, 0.6) is 17.2 Å². The number of nitrogens with zero attached hydrogens (tertiary/aromatic N) is 2.